The van der Waals surface area contributed by atoms with Crippen molar-refractivity contribution in [2.75, 3.05) is 13.1 Å². The van der Waals surface area contributed by atoms with Gasteiger partial charge in [0.15, 0.2) is 5.82 Å². The van der Waals surface area contributed by atoms with Crippen molar-refractivity contribution in [1.82, 2.24) is 35.3 Å². The van der Waals surface area contributed by atoms with Crippen molar-refractivity contribution in [3.8, 4) is 0 Å². The third kappa shape index (κ3) is 2.20. The second-order valence-corrected chi connectivity index (χ2v) is 4.70. The Morgan fingerprint density at radius 3 is 3.11 bits per heavy atom. The molecule has 1 fully saturated rings. The molecule has 1 N–H and O–H groups in total. The molecule has 0 aliphatic carbocycles. The lowest BCUT2D eigenvalue weighted by Gasteiger charge is -2.31. The monoisotopic (exact) mass is 261 g/mol. The van der Waals surface area contributed by atoms with Gasteiger partial charge in [-0.1, -0.05) is 5.21 Å². The van der Waals surface area contributed by atoms with Crippen molar-refractivity contribution >= 4 is 5.91 Å². The van der Waals surface area contributed by atoms with Gasteiger partial charge in [0, 0.05) is 32.3 Å². The molecule has 1 aliphatic rings. The Hall–Kier alpha value is -2.25. The van der Waals surface area contributed by atoms with E-state index >= 15 is 0 Å². The van der Waals surface area contributed by atoms with Crippen LogP contribution in [-0.4, -0.2) is 54.3 Å². The average molecular weight is 261 g/mol. The minimum absolute atomic E-state index is 0.00759. The van der Waals surface area contributed by atoms with Gasteiger partial charge in [0.25, 0.3) is 5.91 Å². The smallest absolute Gasteiger partial charge is 0.272 e. The summed E-state index contributed by atoms with van der Waals surface area (Å²) in [6, 6.07) is 1.74. The van der Waals surface area contributed by atoms with Gasteiger partial charge >= 0.3 is 0 Å². The summed E-state index contributed by atoms with van der Waals surface area (Å²) in [6.07, 6.45) is 3.56. The predicted octanol–water partition coefficient (Wildman–Crippen LogP) is -0.0470. The van der Waals surface area contributed by atoms with E-state index in [1.165, 1.54) is 0 Å². The van der Waals surface area contributed by atoms with Crippen molar-refractivity contribution in [1.29, 1.82) is 0 Å². The van der Waals surface area contributed by atoms with Gasteiger partial charge in [-0.15, -0.1) is 10.2 Å². The number of likely N-dealkylation sites (tertiary alicyclic amines) is 1. The number of H-pyrrole nitrogens is 1. The quantitative estimate of drug-likeness (QED) is 0.818. The molecule has 0 spiro atoms. The Bertz CT molecular complexity index is 561. The van der Waals surface area contributed by atoms with Crippen LogP contribution in [0.4, 0.5) is 0 Å². The van der Waals surface area contributed by atoms with Crippen LogP contribution in [-0.2, 0) is 7.05 Å². The van der Waals surface area contributed by atoms with Gasteiger partial charge in [-0.05, 0) is 18.9 Å². The zero-order chi connectivity index (χ0) is 13.2. The number of amides is 1. The minimum atomic E-state index is 0.00759. The highest BCUT2D eigenvalue weighted by Crippen LogP contribution is 2.24. The lowest BCUT2D eigenvalue weighted by Crippen LogP contribution is -2.40. The molecular formula is C11H15N7O. The molecule has 1 unspecified atom stereocenters. The topological polar surface area (TPSA) is 92.6 Å². The maximum absolute atomic E-state index is 12.4. The molecule has 0 bridgehead atoms. The van der Waals surface area contributed by atoms with Crippen molar-refractivity contribution in [2.45, 2.75) is 18.8 Å². The highest BCUT2D eigenvalue weighted by molar-refractivity contribution is 5.92. The van der Waals surface area contributed by atoms with Gasteiger partial charge in [0.1, 0.15) is 5.69 Å². The molecule has 19 heavy (non-hydrogen) atoms. The summed E-state index contributed by atoms with van der Waals surface area (Å²) in [5, 5.41) is 18.1. The van der Waals surface area contributed by atoms with E-state index in [0.717, 1.165) is 19.4 Å². The number of hydrogen-bond acceptors (Lipinski definition) is 5. The first-order chi connectivity index (χ1) is 9.25. The molecule has 2 aromatic rings. The second kappa shape index (κ2) is 4.79. The zero-order valence-electron chi connectivity index (χ0n) is 10.7. The van der Waals surface area contributed by atoms with Crippen LogP contribution in [0, 0.1) is 0 Å². The standard InChI is InChI=1S/C11H15N7O/c1-17-9(4-5-12-17)11(19)18-6-2-3-8(7-18)10-13-15-16-14-10/h4-5,8H,2-3,6-7H2,1H3,(H,13,14,15,16). The molecule has 1 aliphatic heterocycles. The molecule has 1 amide bonds. The Kier molecular flexibility index (Phi) is 2.98. The summed E-state index contributed by atoms with van der Waals surface area (Å²) in [7, 11) is 1.77. The van der Waals surface area contributed by atoms with Crippen LogP contribution in [0.3, 0.4) is 0 Å². The Morgan fingerprint density at radius 1 is 1.53 bits per heavy atom. The summed E-state index contributed by atoms with van der Waals surface area (Å²) in [5.74, 6) is 0.848. The van der Waals surface area contributed by atoms with E-state index in [4.69, 9.17) is 0 Å². The maximum atomic E-state index is 12.4. The Morgan fingerprint density at radius 2 is 2.42 bits per heavy atom. The van der Waals surface area contributed by atoms with Crippen molar-refractivity contribution < 1.29 is 4.79 Å². The number of nitrogens with one attached hydrogen (secondary N) is 1. The zero-order valence-corrected chi connectivity index (χ0v) is 10.7. The maximum Gasteiger partial charge on any atom is 0.272 e. The number of hydrogen-bond donors (Lipinski definition) is 1. The molecule has 100 valence electrons. The summed E-state index contributed by atoms with van der Waals surface area (Å²) in [6.45, 7) is 1.39. The van der Waals surface area contributed by atoms with Crippen LogP contribution >= 0.6 is 0 Å². The van der Waals surface area contributed by atoms with E-state index in [2.05, 4.69) is 25.7 Å². The number of nitrogens with zero attached hydrogens (tertiary/aromatic N) is 6. The van der Waals surface area contributed by atoms with Crippen LogP contribution in [0.15, 0.2) is 12.3 Å². The first-order valence-corrected chi connectivity index (χ1v) is 6.26. The molecule has 8 heteroatoms. The fourth-order valence-corrected chi connectivity index (χ4v) is 2.46. The third-order valence-corrected chi connectivity index (χ3v) is 3.48. The van der Waals surface area contributed by atoms with Crippen molar-refractivity contribution in [3.63, 3.8) is 0 Å². The molecule has 1 saturated heterocycles. The van der Waals surface area contributed by atoms with Crippen LogP contribution in [0.5, 0.6) is 0 Å². The number of aromatic amines is 1. The number of carbonyl (C=O) groups excluding carboxylic acids is 1. The third-order valence-electron chi connectivity index (χ3n) is 3.48. The normalized spacial score (nSPS) is 19.6. The van der Waals surface area contributed by atoms with Crippen molar-refractivity contribution in [3.05, 3.63) is 23.8 Å². The molecular weight excluding hydrogens is 246 g/mol. The number of carbonyl (C=O) groups is 1. The van der Waals surface area contributed by atoms with E-state index in [1.807, 2.05) is 4.90 Å². The fraction of sp³-hybridized carbons (Fsp3) is 0.545. The SMILES string of the molecule is Cn1nccc1C(=O)N1CCCC(c2nn[nH]n2)C1. The first-order valence-electron chi connectivity index (χ1n) is 6.26. The molecule has 3 rings (SSSR count). The Labute approximate surface area is 109 Å². The van der Waals surface area contributed by atoms with Gasteiger partial charge in [0.05, 0.1) is 0 Å². The van der Waals surface area contributed by atoms with E-state index in [-0.39, 0.29) is 11.8 Å². The minimum Gasteiger partial charge on any atom is -0.337 e. The van der Waals surface area contributed by atoms with Gasteiger partial charge in [-0.2, -0.15) is 10.3 Å². The van der Waals surface area contributed by atoms with Gasteiger partial charge < -0.3 is 4.90 Å². The lowest BCUT2D eigenvalue weighted by molar-refractivity contribution is 0.0693. The van der Waals surface area contributed by atoms with Gasteiger partial charge in [0.2, 0.25) is 0 Å². The average Bonchev–Trinajstić information content (AvgIpc) is 3.09. The van der Waals surface area contributed by atoms with Crippen LogP contribution in [0.1, 0.15) is 35.1 Å². The second-order valence-electron chi connectivity index (χ2n) is 4.70. The number of rotatable bonds is 2. The molecule has 1 atom stereocenters. The van der Waals surface area contributed by atoms with E-state index in [9.17, 15) is 4.79 Å². The van der Waals surface area contributed by atoms with Crippen LogP contribution in [0.2, 0.25) is 0 Å². The molecule has 0 saturated carbocycles. The lowest BCUT2D eigenvalue weighted by atomic mass is 9.97. The van der Waals surface area contributed by atoms with Crippen molar-refractivity contribution in [2.24, 2.45) is 7.05 Å². The van der Waals surface area contributed by atoms with Gasteiger partial charge in [-0.25, -0.2) is 0 Å². The first kappa shape index (κ1) is 11.8. The fourth-order valence-electron chi connectivity index (χ4n) is 2.46. The predicted molar refractivity (Wildman–Crippen MR) is 65.3 cm³/mol. The van der Waals surface area contributed by atoms with E-state index in [1.54, 1.807) is 24.0 Å². The molecule has 2 aromatic heterocycles. The number of aryl methyl sites for hydroxylation is 1. The van der Waals surface area contributed by atoms with Crippen LogP contribution < -0.4 is 0 Å². The molecule has 3 heterocycles. The largest absolute Gasteiger partial charge is 0.337 e. The summed E-state index contributed by atoms with van der Waals surface area (Å²) in [5.41, 5.74) is 0.605. The molecule has 0 aromatic carbocycles. The molecule has 8 nitrogen and oxygen atoms in total. The highest BCUT2D eigenvalue weighted by Gasteiger charge is 2.28. The van der Waals surface area contributed by atoms with Crippen LogP contribution in [0.25, 0.3) is 0 Å². The summed E-state index contributed by atoms with van der Waals surface area (Å²) >= 11 is 0. The summed E-state index contributed by atoms with van der Waals surface area (Å²) < 4.78 is 1.60. The van der Waals surface area contributed by atoms with E-state index < -0.39 is 0 Å². The summed E-state index contributed by atoms with van der Waals surface area (Å²) in [4.78, 5) is 14.2. The van der Waals surface area contributed by atoms with Gasteiger partial charge in [-0.3, -0.25) is 9.48 Å². The highest BCUT2D eigenvalue weighted by atomic mass is 16.2. The molecule has 0 radical (unpaired) electrons. The number of piperidine rings is 1. The number of tetrazole rings is 1. The Balaban J connectivity index is 1.75. The number of aromatic nitrogens is 6. The van der Waals surface area contributed by atoms with E-state index in [0.29, 0.717) is 18.1 Å².